The smallest absolute Gasteiger partial charge is 0.225 e. The van der Waals surface area contributed by atoms with E-state index in [0.717, 1.165) is 19.6 Å². The second-order valence-corrected chi connectivity index (χ2v) is 5.95. The van der Waals surface area contributed by atoms with E-state index in [1.54, 1.807) is 0 Å². The fourth-order valence-electron chi connectivity index (χ4n) is 1.87. The average molecular weight is 255 g/mol. The molecule has 1 fully saturated rings. The number of piperazine rings is 1. The zero-order valence-corrected chi connectivity index (χ0v) is 11.9. The van der Waals surface area contributed by atoms with Crippen LogP contribution in [0.2, 0.25) is 0 Å². The van der Waals surface area contributed by atoms with Crippen LogP contribution in [0.5, 0.6) is 0 Å². The van der Waals surface area contributed by atoms with E-state index in [9.17, 15) is 9.59 Å². The molecule has 1 aliphatic heterocycles. The van der Waals surface area contributed by atoms with E-state index >= 15 is 0 Å². The highest BCUT2D eigenvalue weighted by atomic mass is 16.2. The third-order valence-corrected chi connectivity index (χ3v) is 3.03. The monoisotopic (exact) mass is 255 g/mol. The van der Waals surface area contributed by atoms with E-state index in [1.165, 1.54) is 0 Å². The van der Waals surface area contributed by atoms with Gasteiger partial charge in [0.1, 0.15) is 0 Å². The molecule has 18 heavy (non-hydrogen) atoms. The lowest BCUT2D eigenvalue weighted by Gasteiger charge is -2.32. The Morgan fingerprint density at radius 1 is 1.39 bits per heavy atom. The highest BCUT2D eigenvalue weighted by Crippen LogP contribution is 2.12. The van der Waals surface area contributed by atoms with Crippen molar-refractivity contribution in [2.45, 2.75) is 40.2 Å². The van der Waals surface area contributed by atoms with Crippen LogP contribution in [0.25, 0.3) is 0 Å². The number of carbonyl (C=O) groups is 2. The Hall–Kier alpha value is -1.10. The molecular formula is C13H25N3O2. The largest absolute Gasteiger partial charge is 0.355 e. The van der Waals surface area contributed by atoms with Gasteiger partial charge in [-0.1, -0.05) is 20.8 Å². The minimum Gasteiger partial charge on any atom is -0.355 e. The van der Waals surface area contributed by atoms with Gasteiger partial charge in [-0.2, -0.15) is 0 Å². The first-order valence-corrected chi connectivity index (χ1v) is 6.60. The number of hydrogen-bond acceptors (Lipinski definition) is 3. The first-order valence-electron chi connectivity index (χ1n) is 6.60. The molecule has 1 saturated heterocycles. The van der Waals surface area contributed by atoms with Gasteiger partial charge in [0.25, 0.3) is 0 Å². The van der Waals surface area contributed by atoms with Crippen molar-refractivity contribution in [3.8, 4) is 0 Å². The molecule has 5 nitrogen and oxygen atoms in total. The summed E-state index contributed by atoms with van der Waals surface area (Å²) in [7, 11) is 0. The predicted octanol–water partition coefficient (Wildman–Crippen LogP) is 0.359. The van der Waals surface area contributed by atoms with Crippen molar-refractivity contribution in [1.29, 1.82) is 0 Å². The first kappa shape index (κ1) is 15.0. The van der Waals surface area contributed by atoms with Crippen LogP contribution in [0.15, 0.2) is 0 Å². The Morgan fingerprint density at radius 2 is 2.06 bits per heavy atom. The summed E-state index contributed by atoms with van der Waals surface area (Å²) in [5.41, 5.74) is -0.396. The molecule has 1 atom stereocenters. The number of nitrogens with one attached hydrogen (secondary N) is 2. The molecule has 0 aliphatic carbocycles. The van der Waals surface area contributed by atoms with Crippen LogP contribution in [0.3, 0.4) is 0 Å². The summed E-state index contributed by atoms with van der Waals surface area (Å²) in [5.74, 6) is 0.113. The van der Waals surface area contributed by atoms with Gasteiger partial charge < -0.3 is 15.5 Å². The molecule has 2 amide bonds. The van der Waals surface area contributed by atoms with Gasteiger partial charge >= 0.3 is 0 Å². The van der Waals surface area contributed by atoms with Gasteiger partial charge in [-0.25, -0.2) is 0 Å². The summed E-state index contributed by atoms with van der Waals surface area (Å²) in [6.07, 6.45) is 0.383. The summed E-state index contributed by atoms with van der Waals surface area (Å²) in [5, 5.41) is 6.10. The van der Waals surface area contributed by atoms with Crippen molar-refractivity contribution in [2.75, 3.05) is 26.2 Å². The van der Waals surface area contributed by atoms with E-state index in [4.69, 9.17) is 0 Å². The van der Waals surface area contributed by atoms with Crippen LogP contribution in [-0.2, 0) is 9.59 Å². The van der Waals surface area contributed by atoms with Crippen LogP contribution < -0.4 is 10.6 Å². The summed E-state index contributed by atoms with van der Waals surface area (Å²) < 4.78 is 0. The SMILES string of the molecule is CC1CN(C(=O)CCNC(=O)C(C)(C)C)CCN1. The molecule has 0 aromatic carbocycles. The quantitative estimate of drug-likeness (QED) is 0.765. The third-order valence-electron chi connectivity index (χ3n) is 3.03. The Morgan fingerprint density at radius 3 is 2.61 bits per heavy atom. The number of carbonyl (C=O) groups excluding carboxylic acids is 2. The molecule has 1 heterocycles. The number of amides is 2. The fraction of sp³-hybridized carbons (Fsp3) is 0.846. The molecule has 1 rings (SSSR count). The molecular weight excluding hydrogens is 230 g/mol. The van der Waals surface area contributed by atoms with E-state index in [-0.39, 0.29) is 11.8 Å². The summed E-state index contributed by atoms with van der Waals surface area (Å²) in [6, 6.07) is 0.354. The Balaban J connectivity index is 2.27. The van der Waals surface area contributed by atoms with Gasteiger partial charge in [0.15, 0.2) is 0 Å². The van der Waals surface area contributed by atoms with Gasteiger partial charge in [0.05, 0.1) is 0 Å². The zero-order chi connectivity index (χ0) is 13.8. The Bertz CT molecular complexity index is 310. The van der Waals surface area contributed by atoms with E-state index < -0.39 is 5.41 Å². The second-order valence-electron chi connectivity index (χ2n) is 5.95. The molecule has 0 spiro atoms. The van der Waals surface area contributed by atoms with Crippen LogP contribution in [0.1, 0.15) is 34.1 Å². The Labute approximate surface area is 109 Å². The van der Waals surface area contributed by atoms with Crippen LogP contribution in [0, 0.1) is 5.41 Å². The summed E-state index contributed by atoms with van der Waals surface area (Å²) in [6.45, 7) is 10.4. The molecule has 0 aromatic rings. The lowest BCUT2D eigenvalue weighted by molar-refractivity contribution is -0.132. The van der Waals surface area contributed by atoms with Crippen molar-refractivity contribution in [3.63, 3.8) is 0 Å². The molecule has 1 unspecified atom stereocenters. The van der Waals surface area contributed by atoms with Gasteiger partial charge in [-0.3, -0.25) is 9.59 Å². The molecule has 5 heteroatoms. The lowest BCUT2D eigenvalue weighted by atomic mass is 9.96. The summed E-state index contributed by atoms with van der Waals surface area (Å²) >= 11 is 0. The number of rotatable bonds is 3. The van der Waals surface area contributed by atoms with E-state index in [2.05, 4.69) is 17.6 Å². The van der Waals surface area contributed by atoms with Crippen molar-refractivity contribution < 1.29 is 9.59 Å². The standard InChI is InChI=1S/C13H25N3O2/c1-10-9-16(8-7-14-10)11(17)5-6-15-12(18)13(2,3)4/h10,14H,5-9H2,1-4H3,(H,15,18). The van der Waals surface area contributed by atoms with Crippen molar-refractivity contribution in [1.82, 2.24) is 15.5 Å². The maximum Gasteiger partial charge on any atom is 0.225 e. The number of nitrogens with zero attached hydrogens (tertiary/aromatic N) is 1. The van der Waals surface area contributed by atoms with Crippen LogP contribution in [-0.4, -0.2) is 48.9 Å². The summed E-state index contributed by atoms with van der Waals surface area (Å²) in [4.78, 5) is 25.4. The van der Waals surface area contributed by atoms with Gasteiger partial charge in [0.2, 0.25) is 11.8 Å². The number of hydrogen-bond donors (Lipinski definition) is 2. The van der Waals surface area contributed by atoms with Crippen LogP contribution in [0.4, 0.5) is 0 Å². The fourth-order valence-corrected chi connectivity index (χ4v) is 1.87. The molecule has 104 valence electrons. The second kappa shape index (κ2) is 6.18. The molecule has 0 radical (unpaired) electrons. The molecule has 0 saturated carbocycles. The average Bonchev–Trinajstić information content (AvgIpc) is 2.27. The molecule has 2 N–H and O–H groups in total. The molecule has 0 aromatic heterocycles. The van der Waals surface area contributed by atoms with Gasteiger partial charge in [-0.05, 0) is 6.92 Å². The van der Waals surface area contributed by atoms with Crippen molar-refractivity contribution in [2.24, 2.45) is 5.41 Å². The third kappa shape index (κ3) is 4.64. The van der Waals surface area contributed by atoms with E-state index in [0.29, 0.717) is 19.0 Å². The Kier molecular flexibility index (Phi) is 5.14. The van der Waals surface area contributed by atoms with Crippen LogP contribution >= 0.6 is 0 Å². The first-order chi connectivity index (χ1) is 8.30. The minimum atomic E-state index is -0.396. The van der Waals surface area contributed by atoms with Gasteiger partial charge in [-0.15, -0.1) is 0 Å². The minimum absolute atomic E-state index is 0.0102. The molecule has 0 bridgehead atoms. The lowest BCUT2D eigenvalue weighted by Crippen LogP contribution is -2.51. The topological polar surface area (TPSA) is 61.4 Å². The van der Waals surface area contributed by atoms with E-state index in [1.807, 2.05) is 25.7 Å². The van der Waals surface area contributed by atoms with Crippen molar-refractivity contribution >= 4 is 11.8 Å². The zero-order valence-electron chi connectivity index (χ0n) is 11.9. The predicted molar refractivity (Wildman–Crippen MR) is 71.1 cm³/mol. The normalized spacial score (nSPS) is 20.7. The highest BCUT2D eigenvalue weighted by molar-refractivity contribution is 5.82. The maximum absolute atomic E-state index is 11.9. The highest BCUT2D eigenvalue weighted by Gasteiger charge is 2.22. The van der Waals surface area contributed by atoms with Gasteiger partial charge in [0, 0.05) is 44.1 Å². The maximum atomic E-state index is 11.9. The molecule has 1 aliphatic rings. The van der Waals surface area contributed by atoms with Crippen molar-refractivity contribution in [3.05, 3.63) is 0 Å².